The first-order valence-electron chi connectivity index (χ1n) is 3.78. The maximum atomic E-state index is 10.3. The quantitative estimate of drug-likeness (QED) is 0.540. The lowest BCUT2D eigenvalue weighted by Gasteiger charge is -2.21. The molecule has 1 rings (SSSR count). The molecule has 1 saturated carbocycles. The number of rotatable bonds is 1. The van der Waals surface area contributed by atoms with Crippen LogP contribution in [0.25, 0.3) is 0 Å². The maximum absolute atomic E-state index is 10.3. The minimum Gasteiger partial charge on any atom is -0.412 e. The van der Waals surface area contributed by atoms with E-state index >= 15 is 0 Å². The second-order valence-corrected chi connectivity index (χ2v) is 3.16. The third-order valence-electron chi connectivity index (χ3n) is 2.25. The molecule has 0 aliphatic heterocycles. The topological polar surface area (TPSA) is 48.6 Å². The van der Waals surface area contributed by atoms with Crippen LogP contribution < -0.4 is 0 Å². The van der Waals surface area contributed by atoms with Crippen molar-refractivity contribution in [3.63, 3.8) is 0 Å². The van der Waals surface area contributed by atoms with Crippen molar-refractivity contribution >= 4 is 6.29 Å². The fraction of sp³-hybridized carbons (Fsp3) is 0.889. The van der Waals surface area contributed by atoms with Gasteiger partial charge in [-0.05, 0) is 18.8 Å². The van der Waals surface area contributed by atoms with Crippen LogP contribution in [-0.4, -0.2) is 11.8 Å². The summed E-state index contributed by atoms with van der Waals surface area (Å²) in [6.45, 7) is 2.26. The molecule has 0 atom stereocenters. The zero-order valence-corrected chi connectivity index (χ0v) is 6.47. The van der Waals surface area contributed by atoms with Crippen LogP contribution in [0, 0.1) is 11.8 Å². The molecule has 68 valence electrons. The van der Waals surface area contributed by atoms with Crippen molar-refractivity contribution in [3.05, 3.63) is 0 Å². The highest BCUT2D eigenvalue weighted by Crippen LogP contribution is 2.26. The van der Waals surface area contributed by atoms with Gasteiger partial charge in [-0.1, -0.05) is 27.2 Å². The number of carbonyl (C=O) groups excluding carboxylic acids is 1. The smallest absolute Gasteiger partial charge is 0.123 e. The first kappa shape index (κ1) is 13.2. The minimum absolute atomic E-state index is 0. The summed E-state index contributed by atoms with van der Waals surface area (Å²) in [5.41, 5.74) is 0. The van der Waals surface area contributed by atoms with E-state index < -0.39 is 0 Å². The first-order valence-corrected chi connectivity index (χ1v) is 3.78. The summed E-state index contributed by atoms with van der Waals surface area (Å²) in [6.07, 6.45) is 5.88. The number of carbonyl (C=O) groups is 1. The van der Waals surface area contributed by atoms with Gasteiger partial charge in [-0.2, -0.15) is 0 Å². The SMILES string of the molecule is C.CC1CCC(C=O)CC1.O. The van der Waals surface area contributed by atoms with Crippen LogP contribution in [0.2, 0.25) is 0 Å². The molecular weight excluding hydrogens is 140 g/mol. The van der Waals surface area contributed by atoms with E-state index in [0.29, 0.717) is 5.92 Å². The van der Waals surface area contributed by atoms with Crippen molar-refractivity contribution in [1.29, 1.82) is 0 Å². The van der Waals surface area contributed by atoms with E-state index in [-0.39, 0.29) is 12.9 Å². The predicted octanol–water partition coefficient (Wildman–Crippen LogP) is 1.82. The average Bonchev–Trinajstić information content (AvgIpc) is 1.90. The van der Waals surface area contributed by atoms with Crippen LogP contribution in [0.3, 0.4) is 0 Å². The summed E-state index contributed by atoms with van der Waals surface area (Å²) in [4.78, 5) is 10.3. The Morgan fingerprint density at radius 1 is 1.18 bits per heavy atom. The zero-order chi connectivity index (χ0) is 6.69. The fourth-order valence-electron chi connectivity index (χ4n) is 1.42. The van der Waals surface area contributed by atoms with Gasteiger partial charge in [-0.25, -0.2) is 0 Å². The van der Waals surface area contributed by atoms with E-state index in [1.165, 1.54) is 12.8 Å². The van der Waals surface area contributed by atoms with E-state index in [2.05, 4.69) is 6.92 Å². The van der Waals surface area contributed by atoms with E-state index in [0.717, 1.165) is 25.0 Å². The Kier molecular flexibility index (Phi) is 7.64. The Balaban J connectivity index is 0. The van der Waals surface area contributed by atoms with Gasteiger partial charge >= 0.3 is 0 Å². The molecule has 2 nitrogen and oxygen atoms in total. The first-order chi connectivity index (χ1) is 4.33. The Labute approximate surface area is 69.3 Å². The summed E-state index contributed by atoms with van der Waals surface area (Å²) in [5, 5.41) is 0. The molecule has 0 aromatic carbocycles. The van der Waals surface area contributed by atoms with Gasteiger partial charge < -0.3 is 10.3 Å². The van der Waals surface area contributed by atoms with Crippen molar-refractivity contribution in [2.75, 3.05) is 0 Å². The van der Waals surface area contributed by atoms with Gasteiger partial charge in [0.25, 0.3) is 0 Å². The molecule has 0 aromatic heterocycles. The Bertz CT molecular complexity index is 93.7. The number of hydrogen-bond donors (Lipinski definition) is 0. The molecule has 0 heterocycles. The molecule has 1 fully saturated rings. The Hall–Kier alpha value is -0.370. The fourth-order valence-corrected chi connectivity index (χ4v) is 1.42. The molecule has 2 N–H and O–H groups in total. The Morgan fingerprint density at radius 2 is 1.64 bits per heavy atom. The minimum atomic E-state index is 0. The highest BCUT2D eigenvalue weighted by Gasteiger charge is 2.16. The van der Waals surface area contributed by atoms with Crippen molar-refractivity contribution in [1.82, 2.24) is 0 Å². The molecule has 0 radical (unpaired) electrons. The Morgan fingerprint density at radius 3 is 2.00 bits per heavy atom. The summed E-state index contributed by atoms with van der Waals surface area (Å²) < 4.78 is 0. The summed E-state index contributed by atoms with van der Waals surface area (Å²) >= 11 is 0. The molecule has 2 heteroatoms. The van der Waals surface area contributed by atoms with Crippen molar-refractivity contribution in [2.24, 2.45) is 11.8 Å². The van der Waals surface area contributed by atoms with Crippen LogP contribution in [0.5, 0.6) is 0 Å². The van der Waals surface area contributed by atoms with Gasteiger partial charge in [0.2, 0.25) is 0 Å². The molecule has 0 amide bonds. The summed E-state index contributed by atoms with van der Waals surface area (Å²) in [6, 6.07) is 0. The second-order valence-electron chi connectivity index (χ2n) is 3.16. The molecule has 0 spiro atoms. The molecule has 0 unspecified atom stereocenters. The van der Waals surface area contributed by atoms with Crippen molar-refractivity contribution in [2.45, 2.75) is 40.0 Å². The average molecular weight is 160 g/mol. The summed E-state index contributed by atoms with van der Waals surface area (Å²) in [5.74, 6) is 1.25. The van der Waals surface area contributed by atoms with Gasteiger partial charge in [-0.3, -0.25) is 0 Å². The lowest BCUT2D eigenvalue weighted by molar-refractivity contribution is -0.112. The standard InChI is InChI=1S/C8H14O.CH4.H2O/c1-7-2-4-8(6-9)5-3-7;;/h6-8H,2-5H2,1H3;1H4;1H2. The van der Waals surface area contributed by atoms with Crippen molar-refractivity contribution < 1.29 is 10.3 Å². The summed E-state index contributed by atoms with van der Waals surface area (Å²) in [7, 11) is 0. The second kappa shape index (κ2) is 6.35. The van der Waals surface area contributed by atoms with Gasteiger partial charge in [0, 0.05) is 5.92 Å². The lowest BCUT2D eigenvalue weighted by Crippen LogP contribution is -2.12. The molecule has 1 aliphatic rings. The highest BCUT2D eigenvalue weighted by atomic mass is 16.1. The van der Waals surface area contributed by atoms with Crippen LogP contribution >= 0.6 is 0 Å². The van der Waals surface area contributed by atoms with Crippen LogP contribution in [0.4, 0.5) is 0 Å². The third kappa shape index (κ3) is 4.14. The molecule has 0 aromatic rings. The van der Waals surface area contributed by atoms with E-state index in [4.69, 9.17) is 0 Å². The molecule has 0 bridgehead atoms. The van der Waals surface area contributed by atoms with Crippen LogP contribution in [0.1, 0.15) is 40.0 Å². The zero-order valence-electron chi connectivity index (χ0n) is 6.47. The van der Waals surface area contributed by atoms with Gasteiger partial charge in [0.15, 0.2) is 0 Å². The normalized spacial score (nSPS) is 29.5. The van der Waals surface area contributed by atoms with E-state index in [9.17, 15) is 4.79 Å². The van der Waals surface area contributed by atoms with Crippen molar-refractivity contribution in [3.8, 4) is 0 Å². The van der Waals surface area contributed by atoms with Gasteiger partial charge in [0.1, 0.15) is 6.29 Å². The maximum Gasteiger partial charge on any atom is 0.123 e. The molecule has 11 heavy (non-hydrogen) atoms. The number of aldehydes is 1. The predicted molar refractivity (Wildman–Crippen MR) is 47.5 cm³/mol. The van der Waals surface area contributed by atoms with E-state index in [1.54, 1.807) is 0 Å². The highest BCUT2D eigenvalue weighted by molar-refractivity contribution is 5.53. The van der Waals surface area contributed by atoms with Gasteiger partial charge in [-0.15, -0.1) is 0 Å². The largest absolute Gasteiger partial charge is 0.412 e. The number of hydrogen-bond acceptors (Lipinski definition) is 1. The molecule has 0 saturated heterocycles. The molecule has 1 aliphatic carbocycles. The van der Waals surface area contributed by atoms with E-state index in [1.807, 2.05) is 0 Å². The third-order valence-corrected chi connectivity index (χ3v) is 2.25. The van der Waals surface area contributed by atoms with Crippen LogP contribution in [-0.2, 0) is 4.79 Å². The molecular formula is C9H20O2. The van der Waals surface area contributed by atoms with Crippen LogP contribution in [0.15, 0.2) is 0 Å². The van der Waals surface area contributed by atoms with Gasteiger partial charge in [0.05, 0.1) is 0 Å². The monoisotopic (exact) mass is 160 g/mol. The lowest BCUT2D eigenvalue weighted by atomic mass is 9.84.